The van der Waals surface area contributed by atoms with Gasteiger partial charge in [-0.05, 0) is 39.8 Å². The Balaban J connectivity index is 2.16. The van der Waals surface area contributed by atoms with Crippen LogP contribution in [0.1, 0.15) is 6.42 Å². The molecule has 0 unspecified atom stereocenters. The fraction of sp³-hybridized carbons (Fsp3) is 0.0500. The van der Waals surface area contributed by atoms with E-state index in [1.54, 1.807) is 18.2 Å². The van der Waals surface area contributed by atoms with Crippen molar-refractivity contribution in [2.24, 2.45) is 0 Å². The highest BCUT2D eigenvalue weighted by Gasteiger charge is 2.02. The predicted octanol–water partition coefficient (Wildman–Crippen LogP) is 3.08. The molecule has 2 aromatic carbocycles. The van der Waals surface area contributed by atoms with Crippen LogP contribution in [-0.2, 0) is 0 Å². The van der Waals surface area contributed by atoms with Gasteiger partial charge in [0.15, 0.2) is 0 Å². The molecule has 0 N–H and O–H groups in total. The Labute approximate surface area is 128 Å². The zero-order valence-corrected chi connectivity index (χ0v) is 12.0. The highest BCUT2D eigenvalue weighted by molar-refractivity contribution is 5.63. The summed E-state index contributed by atoms with van der Waals surface area (Å²) in [4.78, 5) is 0. The minimum absolute atomic E-state index is 0.245. The van der Waals surface area contributed by atoms with Crippen LogP contribution < -0.4 is 10.4 Å². The van der Waals surface area contributed by atoms with Gasteiger partial charge in [0.05, 0.1) is 6.07 Å². The van der Waals surface area contributed by atoms with E-state index in [-0.39, 0.29) is 5.82 Å². The molecule has 106 valence electrons. The van der Waals surface area contributed by atoms with Gasteiger partial charge in [-0.15, -0.1) is 0 Å². The lowest BCUT2D eigenvalue weighted by molar-refractivity contribution is 0.618. The third-order valence-electron chi connectivity index (χ3n) is 3.74. The number of nitrogens with zero attached hydrogens (tertiary/aromatic N) is 1. The minimum atomic E-state index is -0.245. The lowest BCUT2D eigenvalue weighted by Gasteiger charge is -2.04. The van der Waals surface area contributed by atoms with Gasteiger partial charge in [-0.3, -0.25) is 0 Å². The Morgan fingerprint density at radius 1 is 1.00 bits per heavy atom. The topological polar surface area (TPSA) is 23.8 Å². The summed E-state index contributed by atoms with van der Waals surface area (Å²) in [6.45, 7) is 3.83. The third-order valence-corrected chi connectivity index (χ3v) is 3.74. The summed E-state index contributed by atoms with van der Waals surface area (Å²) >= 11 is 0. The van der Waals surface area contributed by atoms with E-state index in [4.69, 9.17) is 5.26 Å². The minimum Gasteiger partial charge on any atom is -0.206 e. The van der Waals surface area contributed by atoms with Gasteiger partial charge in [0, 0.05) is 10.8 Å². The molecule has 0 saturated heterocycles. The number of allylic oxidation sites excluding steroid dienone is 4. The molecule has 3 rings (SSSR count). The molecule has 0 fully saturated rings. The molecule has 0 aliphatic heterocycles. The molecule has 22 heavy (non-hydrogen) atoms. The van der Waals surface area contributed by atoms with Crippen LogP contribution in [0.3, 0.4) is 0 Å². The fourth-order valence-corrected chi connectivity index (χ4v) is 2.48. The van der Waals surface area contributed by atoms with Crippen molar-refractivity contribution in [2.45, 2.75) is 6.42 Å². The molecule has 0 aromatic heterocycles. The lowest BCUT2D eigenvalue weighted by Crippen LogP contribution is -2.07. The van der Waals surface area contributed by atoms with Crippen molar-refractivity contribution in [1.82, 2.24) is 0 Å². The third kappa shape index (κ3) is 2.75. The predicted molar refractivity (Wildman–Crippen MR) is 86.1 cm³/mol. The van der Waals surface area contributed by atoms with E-state index >= 15 is 0 Å². The zero-order valence-electron chi connectivity index (χ0n) is 12.0. The smallest absolute Gasteiger partial charge is 0.131 e. The van der Waals surface area contributed by atoms with E-state index in [1.807, 2.05) is 42.5 Å². The quantitative estimate of drug-likeness (QED) is 0.730. The van der Waals surface area contributed by atoms with Gasteiger partial charge in [0.1, 0.15) is 5.82 Å². The normalized spacial score (nSPS) is 16.1. The summed E-state index contributed by atoms with van der Waals surface area (Å²) in [5.41, 5.74) is 1.66. The first kappa shape index (κ1) is 14.0. The SMILES string of the molecule is C=c1ccc(=c2cc/c(=C3/C=CC(C#N)=CC3)cc2F)cc1. The van der Waals surface area contributed by atoms with Gasteiger partial charge in [-0.25, -0.2) is 4.39 Å². The standard InChI is InChI=1S/C20H14FN/c1-14-2-6-17(7-3-14)19-11-10-18(12-20(19)21)16-8-4-15(13-22)5-9-16/h2-8,10-12H,1,9H2/b18-16+. The van der Waals surface area contributed by atoms with E-state index in [2.05, 4.69) is 12.6 Å². The van der Waals surface area contributed by atoms with E-state index in [0.29, 0.717) is 17.2 Å². The summed E-state index contributed by atoms with van der Waals surface area (Å²) in [5, 5.41) is 12.0. The maximum absolute atomic E-state index is 14.4. The summed E-state index contributed by atoms with van der Waals surface area (Å²) in [6.07, 6.45) is 6.14. The average molecular weight is 287 g/mol. The number of benzene rings is 2. The van der Waals surface area contributed by atoms with Gasteiger partial charge in [-0.2, -0.15) is 5.26 Å². The van der Waals surface area contributed by atoms with Crippen molar-refractivity contribution in [3.05, 3.63) is 93.0 Å². The Kier molecular flexibility index (Phi) is 3.72. The molecule has 0 bridgehead atoms. The average Bonchev–Trinajstić information content (AvgIpc) is 2.56. The number of hydrogen-bond acceptors (Lipinski definition) is 1. The summed E-state index contributed by atoms with van der Waals surface area (Å²) in [6, 6.07) is 14.9. The highest BCUT2D eigenvalue weighted by Crippen LogP contribution is 2.15. The Morgan fingerprint density at radius 3 is 2.32 bits per heavy atom. The maximum atomic E-state index is 14.4. The van der Waals surface area contributed by atoms with E-state index in [9.17, 15) is 4.39 Å². The number of rotatable bonds is 0. The molecule has 1 nitrogen and oxygen atoms in total. The molecule has 1 aliphatic rings. The van der Waals surface area contributed by atoms with E-state index in [0.717, 1.165) is 21.2 Å². The second-order valence-corrected chi connectivity index (χ2v) is 5.23. The van der Waals surface area contributed by atoms with Crippen LogP contribution in [0.5, 0.6) is 0 Å². The molecule has 1 aliphatic carbocycles. The summed E-state index contributed by atoms with van der Waals surface area (Å²) < 4.78 is 14.4. The Hall–Kier alpha value is -2.92. The molecule has 0 amide bonds. The van der Waals surface area contributed by atoms with Gasteiger partial charge < -0.3 is 0 Å². The first-order valence-corrected chi connectivity index (χ1v) is 7.04. The van der Waals surface area contributed by atoms with Crippen LogP contribution in [0, 0.1) is 27.6 Å². The molecular formula is C20H14FN. The molecule has 0 radical (unpaired) electrons. The second-order valence-electron chi connectivity index (χ2n) is 5.23. The van der Waals surface area contributed by atoms with E-state index < -0.39 is 0 Å². The van der Waals surface area contributed by atoms with Crippen LogP contribution >= 0.6 is 0 Å². The second kappa shape index (κ2) is 5.83. The van der Waals surface area contributed by atoms with Crippen LogP contribution in [0.25, 0.3) is 12.2 Å². The summed E-state index contributed by atoms with van der Waals surface area (Å²) in [5.74, 6) is -0.245. The molecule has 2 aromatic rings. The first-order chi connectivity index (χ1) is 10.7. The van der Waals surface area contributed by atoms with Gasteiger partial charge in [0.2, 0.25) is 0 Å². The Morgan fingerprint density at radius 2 is 1.73 bits per heavy atom. The molecular weight excluding hydrogens is 273 g/mol. The molecule has 0 heterocycles. The number of halogens is 1. The molecule has 0 spiro atoms. The van der Waals surface area contributed by atoms with Gasteiger partial charge >= 0.3 is 0 Å². The van der Waals surface area contributed by atoms with Gasteiger partial charge in [-0.1, -0.05) is 55.1 Å². The number of hydrogen-bond donors (Lipinski definition) is 0. The van der Waals surface area contributed by atoms with Crippen molar-refractivity contribution >= 4 is 12.2 Å². The Bertz CT molecular complexity index is 1010. The van der Waals surface area contributed by atoms with Crippen molar-refractivity contribution < 1.29 is 4.39 Å². The fourth-order valence-electron chi connectivity index (χ4n) is 2.48. The van der Waals surface area contributed by atoms with Crippen molar-refractivity contribution in [2.75, 3.05) is 0 Å². The van der Waals surface area contributed by atoms with Gasteiger partial charge in [0.25, 0.3) is 0 Å². The molecule has 0 saturated carbocycles. The van der Waals surface area contributed by atoms with Crippen LogP contribution in [0.15, 0.2) is 66.3 Å². The molecule has 0 atom stereocenters. The lowest BCUT2D eigenvalue weighted by atomic mass is 10.0. The first-order valence-electron chi connectivity index (χ1n) is 7.04. The number of nitriles is 1. The zero-order chi connectivity index (χ0) is 15.5. The van der Waals surface area contributed by atoms with Crippen molar-refractivity contribution in [1.29, 1.82) is 5.26 Å². The molecule has 2 heteroatoms. The largest absolute Gasteiger partial charge is 0.206 e. The van der Waals surface area contributed by atoms with E-state index in [1.165, 1.54) is 0 Å². The maximum Gasteiger partial charge on any atom is 0.131 e. The van der Waals surface area contributed by atoms with Crippen LogP contribution in [-0.4, -0.2) is 0 Å². The van der Waals surface area contributed by atoms with Crippen LogP contribution in [0.4, 0.5) is 4.39 Å². The van der Waals surface area contributed by atoms with Crippen LogP contribution in [0.2, 0.25) is 0 Å². The highest BCUT2D eigenvalue weighted by atomic mass is 19.1. The van der Waals surface area contributed by atoms with Crippen molar-refractivity contribution in [3.63, 3.8) is 0 Å². The monoisotopic (exact) mass is 287 g/mol. The summed E-state index contributed by atoms with van der Waals surface area (Å²) in [7, 11) is 0. The van der Waals surface area contributed by atoms with Crippen molar-refractivity contribution in [3.8, 4) is 6.07 Å².